The van der Waals surface area contributed by atoms with Gasteiger partial charge in [-0.25, -0.2) is 0 Å². The van der Waals surface area contributed by atoms with Crippen LogP contribution in [0.4, 0.5) is 0 Å². The van der Waals surface area contributed by atoms with Gasteiger partial charge in [0, 0.05) is 13.5 Å². The van der Waals surface area contributed by atoms with Crippen LogP contribution in [0.1, 0.15) is 0 Å². The van der Waals surface area contributed by atoms with Crippen LogP contribution in [0.3, 0.4) is 0 Å². The van der Waals surface area contributed by atoms with Crippen molar-refractivity contribution in [1.82, 2.24) is 0 Å². The van der Waals surface area contributed by atoms with Gasteiger partial charge in [-0.2, -0.15) is 0 Å². The third kappa shape index (κ3) is 1.30. The van der Waals surface area contributed by atoms with Gasteiger partial charge in [0.2, 0.25) is 0 Å². The number of allylic oxidation sites excluding steroid dienone is 1. The SMILES string of the molecule is C=CC1C(Cl)C1[Si](C)(C)C. The van der Waals surface area contributed by atoms with Gasteiger partial charge in [-0.15, -0.1) is 18.2 Å². The molecule has 0 radical (unpaired) electrons. The zero-order valence-corrected chi connectivity index (χ0v) is 8.65. The Bertz CT molecular complexity index is 148. The van der Waals surface area contributed by atoms with Crippen LogP contribution >= 0.6 is 11.6 Å². The summed E-state index contributed by atoms with van der Waals surface area (Å²) in [4.78, 5) is 0. The Labute approximate surface area is 69.3 Å². The summed E-state index contributed by atoms with van der Waals surface area (Å²) in [5.41, 5.74) is 0.784. The minimum absolute atomic E-state index is 0.407. The molecule has 0 spiro atoms. The predicted molar refractivity (Wildman–Crippen MR) is 50.4 cm³/mol. The Morgan fingerprint density at radius 2 is 1.90 bits per heavy atom. The first-order chi connectivity index (χ1) is 4.48. The summed E-state index contributed by atoms with van der Waals surface area (Å²) >= 11 is 6.07. The highest BCUT2D eigenvalue weighted by Gasteiger charge is 2.53. The lowest BCUT2D eigenvalue weighted by Crippen LogP contribution is -2.21. The molecule has 0 N–H and O–H groups in total. The van der Waals surface area contributed by atoms with E-state index < -0.39 is 8.07 Å². The molecule has 58 valence electrons. The second-order valence-corrected chi connectivity index (χ2v) is 10.1. The minimum atomic E-state index is -0.974. The van der Waals surface area contributed by atoms with Gasteiger partial charge in [-0.05, 0) is 11.5 Å². The van der Waals surface area contributed by atoms with Crippen molar-refractivity contribution >= 4 is 19.7 Å². The average molecular weight is 175 g/mol. The molecule has 1 saturated carbocycles. The van der Waals surface area contributed by atoms with Gasteiger partial charge >= 0.3 is 0 Å². The van der Waals surface area contributed by atoms with E-state index in [1.165, 1.54) is 0 Å². The largest absolute Gasteiger partial charge is 0.122 e. The molecule has 1 rings (SSSR count). The van der Waals surface area contributed by atoms with Crippen LogP contribution in [-0.2, 0) is 0 Å². The van der Waals surface area contributed by atoms with Crippen molar-refractivity contribution in [3.63, 3.8) is 0 Å². The van der Waals surface area contributed by atoms with Gasteiger partial charge in [0.15, 0.2) is 0 Å². The molecule has 3 unspecified atom stereocenters. The molecular formula is C8H15ClSi. The zero-order chi connectivity index (χ0) is 7.94. The van der Waals surface area contributed by atoms with E-state index >= 15 is 0 Å². The van der Waals surface area contributed by atoms with E-state index in [0.717, 1.165) is 5.54 Å². The van der Waals surface area contributed by atoms with Gasteiger partial charge in [-0.1, -0.05) is 25.7 Å². The summed E-state index contributed by atoms with van der Waals surface area (Å²) in [7, 11) is -0.974. The quantitative estimate of drug-likeness (QED) is 0.343. The first kappa shape index (κ1) is 8.34. The minimum Gasteiger partial charge on any atom is -0.122 e. The molecule has 10 heavy (non-hydrogen) atoms. The van der Waals surface area contributed by atoms with E-state index in [9.17, 15) is 0 Å². The lowest BCUT2D eigenvalue weighted by Gasteiger charge is -2.14. The number of halogens is 1. The van der Waals surface area contributed by atoms with Gasteiger partial charge < -0.3 is 0 Å². The van der Waals surface area contributed by atoms with Gasteiger partial charge in [0.05, 0.1) is 0 Å². The second-order valence-electron chi connectivity index (χ2n) is 4.15. The molecule has 0 heterocycles. The molecule has 0 amide bonds. The van der Waals surface area contributed by atoms with Gasteiger partial charge in [-0.3, -0.25) is 0 Å². The van der Waals surface area contributed by atoms with Crippen molar-refractivity contribution in [3.05, 3.63) is 12.7 Å². The Kier molecular flexibility index (Phi) is 1.99. The van der Waals surface area contributed by atoms with Crippen LogP contribution in [0.5, 0.6) is 0 Å². The smallest absolute Gasteiger partial charge is 0.0498 e. The predicted octanol–water partition coefficient (Wildman–Crippen LogP) is 3.12. The van der Waals surface area contributed by atoms with Crippen molar-refractivity contribution in [2.45, 2.75) is 30.6 Å². The molecule has 1 aliphatic rings. The maximum atomic E-state index is 6.07. The molecule has 0 saturated heterocycles. The lowest BCUT2D eigenvalue weighted by molar-refractivity contribution is 1.11. The van der Waals surface area contributed by atoms with E-state index in [1.807, 2.05) is 6.08 Å². The third-order valence-electron chi connectivity index (χ3n) is 2.26. The van der Waals surface area contributed by atoms with Crippen molar-refractivity contribution < 1.29 is 0 Å². The number of hydrogen-bond donors (Lipinski definition) is 0. The van der Waals surface area contributed by atoms with E-state index in [-0.39, 0.29) is 0 Å². The second kappa shape index (κ2) is 2.38. The van der Waals surface area contributed by atoms with Crippen LogP contribution in [0.25, 0.3) is 0 Å². The molecule has 0 nitrogen and oxygen atoms in total. The first-order valence-electron chi connectivity index (χ1n) is 3.75. The Morgan fingerprint density at radius 1 is 1.40 bits per heavy atom. The molecular weight excluding hydrogens is 160 g/mol. The van der Waals surface area contributed by atoms with E-state index in [2.05, 4.69) is 26.2 Å². The van der Waals surface area contributed by atoms with Crippen LogP contribution in [0, 0.1) is 5.92 Å². The molecule has 3 atom stereocenters. The monoisotopic (exact) mass is 174 g/mol. The Hall–Kier alpha value is 0.247. The van der Waals surface area contributed by atoms with Crippen LogP contribution in [0.2, 0.25) is 25.2 Å². The van der Waals surface area contributed by atoms with E-state index in [4.69, 9.17) is 11.6 Å². The first-order valence-corrected chi connectivity index (χ1v) is 7.76. The van der Waals surface area contributed by atoms with Crippen molar-refractivity contribution in [1.29, 1.82) is 0 Å². The maximum absolute atomic E-state index is 6.07. The fourth-order valence-corrected chi connectivity index (χ4v) is 5.79. The highest BCUT2D eigenvalue weighted by molar-refractivity contribution is 6.79. The van der Waals surface area contributed by atoms with E-state index in [0.29, 0.717) is 11.3 Å². The Morgan fingerprint density at radius 3 is 2.00 bits per heavy atom. The number of alkyl halides is 1. The van der Waals surface area contributed by atoms with Crippen LogP contribution in [-0.4, -0.2) is 13.5 Å². The molecule has 0 bridgehead atoms. The standard InChI is InChI=1S/C8H15ClSi/c1-5-6-7(9)8(6)10(2,3)4/h5-8H,1H2,2-4H3. The number of hydrogen-bond acceptors (Lipinski definition) is 0. The summed E-state index contributed by atoms with van der Waals surface area (Å²) in [6.45, 7) is 10.9. The van der Waals surface area contributed by atoms with Crippen LogP contribution in [0.15, 0.2) is 12.7 Å². The van der Waals surface area contributed by atoms with E-state index in [1.54, 1.807) is 0 Å². The zero-order valence-electron chi connectivity index (χ0n) is 6.89. The topological polar surface area (TPSA) is 0 Å². The summed E-state index contributed by atoms with van der Waals surface area (Å²) in [6.07, 6.45) is 2.01. The molecule has 0 aromatic rings. The molecule has 1 fully saturated rings. The fraction of sp³-hybridized carbons (Fsp3) is 0.750. The number of rotatable bonds is 2. The van der Waals surface area contributed by atoms with Crippen molar-refractivity contribution in [3.8, 4) is 0 Å². The lowest BCUT2D eigenvalue weighted by atomic mass is 10.4. The summed E-state index contributed by atoms with van der Waals surface area (Å²) < 4.78 is 0. The molecule has 0 aromatic heterocycles. The molecule has 0 aromatic carbocycles. The van der Waals surface area contributed by atoms with Crippen LogP contribution < -0.4 is 0 Å². The maximum Gasteiger partial charge on any atom is 0.0498 e. The molecule has 2 heteroatoms. The summed E-state index contributed by atoms with van der Waals surface area (Å²) in [6, 6.07) is 0. The van der Waals surface area contributed by atoms with Crippen molar-refractivity contribution in [2.24, 2.45) is 5.92 Å². The average Bonchev–Trinajstić information content (AvgIpc) is 2.39. The summed E-state index contributed by atoms with van der Waals surface area (Å²) in [5, 5.41) is 0.407. The van der Waals surface area contributed by atoms with Crippen molar-refractivity contribution in [2.75, 3.05) is 0 Å². The Balaban J connectivity index is 2.56. The fourth-order valence-electron chi connectivity index (χ4n) is 1.63. The van der Waals surface area contributed by atoms with Gasteiger partial charge in [0.25, 0.3) is 0 Å². The molecule has 1 aliphatic carbocycles. The normalized spacial score (nSPS) is 39.4. The third-order valence-corrected chi connectivity index (χ3v) is 5.77. The highest BCUT2D eigenvalue weighted by atomic mass is 35.5. The summed E-state index contributed by atoms with van der Waals surface area (Å²) in [5.74, 6) is 0.619. The highest BCUT2D eigenvalue weighted by Crippen LogP contribution is 2.56. The molecule has 0 aliphatic heterocycles. The van der Waals surface area contributed by atoms with Gasteiger partial charge in [0.1, 0.15) is 0 Å².